The van der Waals surface area contributed by atoms with E-state index in [0.717, 1.165) is 36.8 Å². The van der Waals surface area contributed by atoms with Crippen molar-refractivity contribution in [3.63, 3.8) is 0 Å². The molecule has 0 aromatic heterocycles. The number of nitrogens with one attached hydrogen (secondary N) is 1. The Balaban J connectivity index is 1.45. The van der Waals surface area contributed by atoms with Gasteiger partial charge in [-0.1, -0.05) is 12.1 Å². The van der Waals surface area contributed by atoms with Crippen LogP contribution in [0.3, 0.4) is 0 Å². The Morgan fingerprint density at radius 2 is 1.68 bits per heavy atom. The lowest BCUT2D eigenvalue weighted by molar-refractivity contribution is -0.126. The topological polar surface area (TPSA) is 88.2 Å². The molecule has 0 bridgehead atoms. The lowest BCUT2D eigenvalue weighted by Gasteiger charge is -2.37. The Hall–Kier alpha value is -2.53. The Morgan fingerprint density at radius 1 is 1.05 bits per heavy atom. The highest BCUT2D eigenvalue weighted by molar-refractivity contribution is 7.89. The van der Waals surface area contributed by atoms with Crippen molar-refractivity contribution < 1.29 is 27.1 Å². The second-order valence-corrected chi connectivity index (χ2v) is 13.0. The number of ether oxygens (including phenoxy) is 2. The maximum atomic E-state index is 13.4. The van der Waals surface area contributed by atoms with Crippen LogP contribution in [-0.2, 0) is 19.6 Å². The lowest BCUT2D eigenvalue weighted by Crippen LogP contribution is -2.41. The van der Waals surface area contributed by atoms with E-state index in [1.165, 1.54) is 23.5 Å². The first-order valence-corrected chi connectivity index (χ1v) is 15.2. The van der Waals surface area contributed by atoms with E-state index in [0.29, 0.717) is 22.8 Å². The smallest absolute Gasteiger partial charge is 0.246 e. The number of halogens is 1. The van der Waals surface area contributed by atoms with Gasteiger partial charge in [-0.05, 0) is 107 Å². The summed E-state index contributed by atoms with van der Waals surface area (Å²) in [4.78, 5) is 15.0. The van der Waals surface area contributed by atoms with Crippen molar-refractivity contribution in [1.29, 1.82) is 0 Å². The zero-order valence-corrected chi connectivity index (χ0v) is 25.6. The summed E-state index contributed by atoms with van der Waals surface area (Å²) in [5.41, 5.74) is 3.17. The predicted molar refractivity (Wildman–Crippen MR) is 155 cm³/mol. The average Bonchev–Trinajstić information content (AvgIpc) is 2.90. The summed E-state index contributed by atoms with van der Waals surface area (Å²) in [7, 11) is 3.43. The molecule has 0 spiro atoms. The monoisotopic (exact) mass is 577 g/mol. The molecule has 222 valence electrons. The maximum Gasteiger partial charge on any atom is 0.246 e. The van der Waals surface area contributed by atoms with E-state index in [-0.39, 0.29) is 48.5 Å². The molecule has 0 radical (unpaired) electrons. The van der Waals surface area contributed by atoms with Crippen LogP contribution in [0.25, 0.3) is 0 Å². The molecule has 1 saturated carbocycles. The quantitative estimate of drug-likeness (QED) is 0.377. The SMILES string of the molecule is COc1cc(C)c(S(=O)(=O)N(C)CCOCC(=O)NC2CCC(C(c3ccc(F)cc3)N(C)C)CC2)c(C)c1C. The van der Waals surface area contributed by atoms with Gasteiger partial charge in [0.15, 0.2) is 0 Å². The van der Waals surface area contributed by atoms with Crippen molar-refractivity contribution in [3.8, 4) is 5.75 Å². The number of likely N-dealkylation sites (N-methyl/N-ethyl adjacent to an activating group) is 1. The van der Waals surface area contributed by atoms with Crippen molar-refractivity contribution in [2.24, 2.45) is 5.92 Å². The summed E-state index contributed by atoms with van der Waals surface area (Å²) in [5.74, 6) is 0.642. The molecule has 1 aliphatic rings. The van der Waals surface area contributed by atoms with Crippen molar-refractivity contribution in [1.82, 2.24) is 14.5 Å². The molecule has 1 fully saturated rings. The van der Waals surface area contributed by atoms with Gasteiger partial charge in [-0.2, -0.15) is 4.31 Å². The van der Waals surface area contributed by atoms with Crippen LogP contribution in [0, 0.1) is 32.5 Å². The number of benzene rings is 2. The molecule has 0 heterocycles. The minimum Gasteiger partial charge on any atom is -0.496 e. The zero-order chi connectivity index (χ0) is 29.6. The molecule has 10 heteroatoms. The van der Waals surface area contributed by atoms with Crippen molar-refractivity contribution in [2.45, 2.75) is 63.4 Å². The number of hydrogen-bond acceptors (Lipinski definition) is 6. The number of hydrogen-bond donors (Lipinski definition) is 1. The highest BCUT2D eigenvalue weighted by Crippen LogP contribution is 2.37. The van der Waals surface area contributed by atoms with E-state index in [1.807, 2.05) is 33.2 Å². The highest BCUT2D eigenvalue weighted by atomic mass is 32.2. The molecule has 2 aromatic rings. The molecule has 2 aromatic carbocycles. The summed E-state index contributed by atoms with van der Waals surface area (Å²) < 4.78 is 52.1. The second kappa shape index (κ2) is 13.9. The van der Waals surface area contributed by atoms with Gasteiger partial charge in [0.05, 0.1) is 18.6 Å². The maximum absolute atomic E-state index is 13.4. The molecule has 1 amide bonds. The summed E-state index contributed by atoms with van der Waals surface area (Å²) in [5, 5.41) is 3.06. The summed E-state index contributed by atoms with van der Waals surface area (Å²) in [6.45, 7) is 5.48. The Kier molecular flexibility index (Phi) is 11.1. The van der Waals surface area contributed by atoms with Gasteiger partial charge < -0.3 is 19.7 Å². The number of carbonyl (C=O) groups excluding carboxylic acids is 1. The van der Waals surface area contributed by atoms with Crippen LogP contribution < -0.4 is 10.1 Å². The fourth-order valence-electron chi connectivity index (χ4n) is 5.76. The van der Waals surface area contributed by atoms with Crippen LogP contribution >= 0.6 is 0 Å². The molecule has 0 aliphatic heterocycles. The fraction of sp³-hybridized carbons (Fsp3) is 0.567. The van der Waals surface area contributed by atoms with Gasteiger partial charge in [-0.3, -0.25) is 4.79 Å². The first-order valence-electron chi connectivity index (χ1n) is 13.8. The third kappa shape index (κ3) is 7.60. The number of aryl methyl sites for hydroxylation is 1. The van der Waals surface area contributed by atoms with Crippen LogP contribution in [0.2, 0.25) is 0 Å². The molecule has 1 atom stereocenters. The molecule has 40 heavy (non-hydrogen) atoms. The zero-order valence-electron chi connectivity index (χ0n) is 24.8. The molecule has 1 N–H and O–H groups in total. The van der Waals surface area contributed by atoms with Crippen molar-refractivity contribution in [2.75, 3.05) is 48.0 Å². The van der Waals surface area contributed by atoms with Crippen molar-refractivity contribution >= 4 is 15.9 Å². The van der Waals surface area contributed by atoms with Crippen LogP contribution in [0.4, 0.5) is 4.39 Å². The van der Waals surface area contributed by atoms with Gasteiger partial charge >= 0.3 is 0 Å². The summed E-state index contributed by atoms with van der Waals surface area (Å²) in [6, 6.07) is 8.74. The number of rotatable bonds is 12. The summed E-state index contributed by atoms with van der Waals surface area (Å²) >= 11 is 0. The van der Waals surface area contributed by atoms with Gasteiger partial charge in [0.2, 0.25) is 15.9 Å². The number of amides is 1. The molecule has 3 rings (SSSR count). The largest absolute Gasteiger partial charge is 0.496 e. The minimum absolute atomic E-state index is 0.0793. The van der Waals surface area contributed by atoms with E-state index in [9.17, 15) is 17.6 Å². The third-order valence-electron chi connectivity index (χ3n) is 8.00. The minimum atomic E-state index is -3.74. The van der Waals surface area contributed by atoms with Gasteiger partial charge in [0.25, 0.3) is 0 Å². The van der Waals surface area contributed by atoms with Crippen LogP contribution in [0.15, 0.2) is 35.2 Å². The Bertz CT molecular complexity index is 1260. The number of sulfonamides is 1. The van der Waals surface area contributed by atoms with Gasteiger partial charge in [-0.25, -0.2) is 12.8 Å². The highest BCUT2D eigenvalue weighted by Gasteiger charge is 2.31. The summed E-state index contributed by atoms with van der Waals surface area (Å²) in [6.07, 6.45) is 3.64. The molecule has 1 aliphatic carbocycles. The second-order valence-electron chi connectivity index (χ2n) is 11.0. The van der Waals surface area contributed by atoms with E-state index >= 15 is 0 Å². The Morgan fingerprint density at radius 3 is 2.25 bits per heavy atom. The molecule has 1 unspecified atom stereocenters. The van der Waals surface area contributed by atoms with Crippen LogP contribution in [0.1, 0.15) is 54.0 Å². The first-order chi connectivity index (χ1) is 18.9. The van der Waals surface area contributed by atoms with Gasteiger partial charge in [0, 0.05) is 25.7 Å². The third-order valence-corrected chi connectivity index (χ3v) is 10.1. The molecular weight excluding hydrogens is 533 g/mol. The van der Waals surface area contributed by atoms with E-state index in [2.05, 4.69) is 10.2 Å². The van der Waals surface area contributed by atoms with E-state index in [1.54, 1.807) is 27.0 Å². The number of nitrogens with zero attached hydrogens (tertiary/aromatic N) is 2. The lowest BCUT2D eigenvalue weighted by atomic mass is 9.78. The standard InChI is InChI=1S/C30H44FN3O5S/c1-20-18-27(38-7)21(2)22(3)30(20)40(36,37)34(6)16-17-39-19-28(35)32-26-14-10-24(11-15-26)29(33(4)5)23-8-12-25(31)13-9-23/h8-9,12-13,18,24,26,29H,10-11,14-17,19H2,1-7H3,(H,32,35). The van der Waals surface area contributed by atoms with E-state index < -0.39 is 10.0 Å². The van der Waals surface area contributed by atoms with Crippen molar-refractivity contribution in [3.05, 3.63) is 58.4 Å². The fourth-order valence-corrected chi connectivity index (χ4v) is 7.40. The molecular formula is C30H44FN3O5S. The van der Waals surface area contributed by atoms with E-state index in [4.69, 9.17) is 9.47 Å². The van der Waals surface area contributed by atoms with Gasteiger partial charge in [0.1, 0.15) is 18.2 Å². The van der Waals surface area contributed by atoms with Gasteiger partial charge in [-0.15, -0.1) is 0 Å². The van der Waals surface area contributed by atoms with Crippen LogP contribution in [-0.4, -0.2) is 77.6 Å². The van der Waals surface area contributed by atoms with Crippen LogP contribution in [0.5, 0.6) is 5.75 Å². The predicted octanol–water partition coefficient (Wildman–Crippen LogP) is 4.37. The average molecular weight is 578 g/mol. The first kappa shape index (κ1) is 32.0. The number of carbonyl (C=O) groups is 1. The molecule has 0 saturated heterocycles. The normalized spacial score (nSPS) is 18.6. The number of methoxy groups -OCH3 is 1. The Labute approximate surface area is 238 Å². The molecule has 8 nitrogen and oxygen atoms in total.